The van der Waals surface area contributed by atoms with Crippen LogP contribution in [0.25, 0.3) is 0 Å². The van der Waals surface area contributed by atoms with E-state index in [-0.39, 0.29) is 12.5 Å². The van der Waals surface area contributed by atoms with Crippen molar-refractivity contribution in [2.24, 2.45) is 0 Å². The molecule has 0 atom stereocenters. The normalized spacial score (nSPS) is 10.1. The van der Waals surface area contributed by atoms with E-state index in [1.165, 1.54) is 12.1 Å². The molecule has 1 aromatic rings. The van der Waals surface area contributed by atoms with Crippen molar-refractivity contribution < 1.29 is 9.13 Å². The molecule has 76 valence electrons. The van der Waals surface area contributed by atoms with E-state index in [1.807, 2.05) is 20.6 Å². The van der Waals surface area contributed by atoms with E-state index in [4.69, 9.17) is 4.74 Å². The van der Waals surface area contributed by atoms with E-state index in [0.717, 1.165) is 11.2 Å². The minimum absolute atomic E-state index is 0.232. The molecule has 0 aliphatic carbocycles. The van der Waals surface area contributed by atoms with Gasteiger partial charge >= 0.3 is 0 Å². The lowest BCUT2D eigenvalue weighted by Crippen LogP contribution is -2.26. The van der Waals surface area contributed by atoms with Crippen molar-refractivity contribution >= 4 is 28.1 Å². The fourth-order valence-corrected chi connectivity index (χ4v) is 1.87. The van der Waals surface area contributed by atoms with Crippen LogP contribution in [-0.2, 0) is 0 Å². The van der Waals surface area contributed by atoms with Crippen molar-refractivity contribution in [2.45, 2.75) is 20.6 Å². The third kappa shape index (κ3) is 2.50. The van der Waals surface area contributed by atoms with E-state index in [2.05, 4.69) is 15.9 Å². The summed E-state index contributed by atoms with van der Waals surface area (Å²) in [7, 11) is 0. The van der Waals surface area contributed by atoms with Crippen LogP contribution in [0.4, 0.5) is 4.39 Å². The first-order valence-electron chi connectivity index (χ1n) is 4.68. The molecule has 1 nitrogen and oxygen atoms in total. The minimum atomic E-state index is -0.232. The van der Waals surface area contributed by atoms with Gasteiger partial charge in [0.1, 0.15) is 11.6 Å². The Morgan fingerprint density at radius 1 is 1.43 bits per heavy atom. The van der Waals surface area contributed by atoms with Crippen LogP contribution in [0.1, 0.15) is 6.92 Å². The van der Waals surface area contributed by atoms with Gasteiger partial charge < -0.3 is 4.74 Å². The highest BCUT2D eigenvalue weighted by atomic mass is 79.9. The van der Waals surface area contributed by atoms with Gasteiger partial charge in [-0.25, -0.2) is 4.39 Å². The van der Waals surface area contributed by atoms with Crippen molar-refractivity contribution in [1.82, 2.24) is 0 Å². The summed E-state index contributed by atoms with van der Waals surface area (Å²) in [6.07, 6.45) is 0. The van der Waals surface area contributed by atoms with Crippen LogP contribution in [0.3, 0.4) is 0 Å². The van der Waals surface area contributed by atoms with Crippen LogP contribution in [-0.4, -0.2) is 13.3 Å². The zero-order valence-corrected chi connectivity index (χ0v) is 10.2. The maximum atomic E-state index is 13.1. The Morgan fingerprint density at radius 3 is 2.57 bits per heavy atom. The Balaban J connectivity index is 3.21. The molecule has 0 aliphatic heterocycles. The maximum Gasteiger partial charge on any atom is 0.174 e. The predicted molar refractivity (Wildman–Crippen MR) is 62.4 cm³/mol. The van der Waals surface area contributed by atoms with Gasteiger partial charge in [0, 0.05) is 0 Å². The predicted octanol–water partition coefficient (Wildman–Crippen LogP) is 2.95. The zero-order valence-electron chi connectivity index (χ0n) is 8.60. The Labute approximate surface area is 92.9 Å². The molecule has 0 amide bonds. The molecule has 0 aliphatic rings. The van der Waals surface area contributed by atoms with Crippen LogP contribution in [0.15, 0.2) is 16.6 Å². The summed E-state index contributed by atoms with van der Waals surface area (Å²) in [6.45, 7) is 6.79. The number of rotatable bonds is 3. The Bertz CT molecular complexity index is 328. The van der Waals surface area contributed by atoms with Crippen molar-refractivity contribution in [3.8, 4) is 5.75 Å². The highest BCUT2D eigenvalue weighted by Gasteiger charge is 2.14. The fraction of sp³-hybridized carbons (Fsp3) is 0.400. The molecule has 0 N–H and O–H groups in total. The third-order valence-corrected chi connectivity index (χ3v) is 2.54. The molecule has 0 spiro atoms. The molecule has 4 heteroatoms. The first-order valence-corrected chi connectivity index (χ1v) is 5.47. The van der Waals surface area contributed by atoms with Crippen molar-refractivity contribution in [1.29, 1.82) is 0 Å². The molecular weight excluding hydrogens is 246 g/mol. The van der Waals surface area contributed by atoms with Gasteiger partial charge in [0.25, 0.3) is 0 Å². The zero-order chi connectivity index (χ0) is 10.7. The summed E-state index contributed by atoms with van der Waals surface area (Å²) >= 11 is 3.30. The lowest BCUT2D eigenvalue weighted by atomic mass is 9.49. The molecule has 0 heterocycles. The SMILES string of the molecule is CCOc1c(Br)cc(F)cc1B(C)C. The van der Waals surface area contributed by atoms with Gasteiger partial charge in [0.15, 0.2) is 6.71 Å². The van der Waals surface area contributed by atoms with Crippen LogP contribution >= 0.6 is 15.9 Å². The summed E-state index contributed by atoms with van der Waals surface area (Å²) in [6, 6.07) is 2.96. The highest BCUT2D eigenvalue weighted by Crippen LogP contribution is 2.24. The maximum absolute atomic E-state index is 13.1. The van der Waals surface area contributed by atoms with Crippen molar-refractivity contribution in [2.75, 3.05) is 6.61 Å². The van der Waals surface area contributed by atoms with Gasteiger partial charge in [-0.15, -0.1) is 0 Å². The minimum Gasteiger partial charge on any atom is -0.493 e. The van der Waals surface area contributed by atoms with E-state index in [0.29, 0.717) is 11.1 Å². The average Bonchev–Trinajstić information content (AvgIpc) is 2.09. The highest BCUT2D eigenvalue weighted by molar-refractivity contribution is 9.10. The van der Waals surface area contributed by atoms with Gasteiger partial charge in [-0.2, -0.15) is 0 Å². The molecule has 1 aromatic carbocycles. The lowest BCUT2D eigenvalue weighted by Gasteiger charge is -2.13. The molecule has 0 saturated heterocycles. The Hall–Kier alpha value is -0.505. The second-order valence-corrected chi connectivity index (χ2v) is 4.25. The molecule has 0 unspecified atom stereocenters. The standard InChI is InChI=1S/C10H13BBrFO/c1-4-14-10-8(11(2)3)5-7(13)6-9(10)12/h5-6H,4H2,1-3H3. The fourth-order valence-electron chi connectivity index (χ4n) is 1.31. The monoisotopic (exact) mass is 258 g/mol. The molecule has 0 fully saturated rings. The largest absolute Gasteiger partial charge is 0.493 e. The summed E-state index contributed by atoms with van der Waals surface area (Å²) in [5.41, 5.74) is 0.902. The summed E-state index contributed by atoms with van der Waals surface area (Å²) in [5.74, 6) is 0.521. The molecule has 0 aromatic heterocycles. The Kier molecular flexibility index (Phi) is 3.99. The quantitative estimate of drug-likeness (QED) is 0.758. The van der Waals surface area contributed by atoms with E-state index < -0.39 is 0 Å². The number of ether oxygens (including phenoxy) is 1. The van der Waals surface area contributed by atoms with E-state index in [1.54, 1.807) is 0 Å². The van der Waals surface area contributed by atoms with Gasteiger partial charge in [0.05, 0.1) is 11.1 Å². The second kappa shape index (κ2) is 4.83. The number of hydrogen-bond donors (Lipinski definition) is 0. The summed E-state index contributed by atoms with van der Waals surface area (Å²) in [4.78, 5) is 0. The number of hydrogen-bond acceptors (Lipinski definition) is 1. The average molecular weight is 259 g/mol. The summed E-state index contributed by atoms with van der Waals surface area (Å²) in [5, 5.41) is 0. The third-order valence-electron chi connectivity index (χ3n) is 1.95. The van der Waals surface area contributed by atoms with Gasteiger partial charge in [0.2, 0.25) is 0 Å². The lowest BCUT2D eigenvalue weighted by molar-refractivity contribution is 0.340. The van der Waals surface area contributed by atoms with E-state index in [9.17, 15) is 4.39 Å². The molecular formula is C10H13BBrFO. The summed E-state index contributed by atoms with van der Waals surface area (Å²) < 4.78 is 19.3. The Morgan fingerprint density at radius 2 is 2.07 bits per heavy atom. The first kappa shape index (κ1) is 11.6. The second-order valence-electron chi connectivity index (χ2n) is 3.39. The van der Waals surface area contributed by atoms with Crippen LogP contribution < -0.4 is 10.2 Å². The number of benzene rings is 1. The molecule has 14 heavy (non-hydrogen) atoms. The number of halogens is 2. The van der Waals surface area contributed by atoms with Crippen molar-refractivity contribution in [3.05, 3.63) is 22.4 Å². The van der Waals surface area contributed by atoms with E-state index >= 15 is 0 Å². The smallest absolute Gasteiger partial charge is 0.174 e. The molecule has 0 saturated carbocycles. The van der Waals surface area contributed by atoms with Gasteiger partial charge in [-0.3, -0.25) is 0 Å². The van der Waals surface area contributed by atoms with Crippen LogP contribution in [0, 0.1) is 5.82 Å². The first-order chi connectivity index (χ1) is 6.56. The van der Waals surface area contributed by atoms with Gasteiger partial charge in [-0.05, 0) is 40.4 Å². The van der Waals surface area contributed by atoms with Crippen molar-refractivity contribution in [3.63, 3.8) is 0 Å². The van der Waals surface area contributed by atoms with Crippen LogP contribution in [0.5, 0.6) is 5.75 Å². The topological polar surface area (TPSA) is 9.23 Å². The molecule has 1 rings (SSSR count). The molecule has 0 radical (unpaired) electrons. The molecule has 0 bridgehead atoms. The van der Waals surface area contributed by atoms with Crippen LogP contribution in [0.2, 0.25) is 13.6 Å². The van der Waals surface area contributed by atoms with Gasteiger partial charge in [-0.1, -0.05) is 13.6 Å².